The zero-order valence-electron chi connectivity index (χ0n) is 10.6. The molecule has 2 rings (SSSR count). The summed E-state index contributed by atoms with van der Waals surface area (Å²) in [4.78, 5) is 0. The van der Waals surface area contributed by atoms with E-state index in [0.717, 1.165) is 5.69 Å². The minimum Gasteiger partial charge on any atom is -0.497 e. The van der Waals surface area contributed by atoms with Gasteiger partial charge in [0.15, 0.2) is 0 Å². The molecule has 0 fully saturated rings. The molecule has 1 aromatic heterocycles. The Labute approximate surface area is 105 Å². The predicted octanol–water partition coefficient (Wildman–Crippen LogP) is 1.92. The summed E-state index contributed by atoms with van der Waals surface area (Å²) < 4.78 is 20.6. The van der Waals surface area contributed by atoms with Gasteiger partial charge in [-0.25, -0.2) is 4.39 Å². The molecule has 0 aliphatic rings. The highest BCUT2D eigenvalue weighted by Gasteiger charge is 2.17. The highest BCUT2D eigenvalue weighted by atomic mass is 19.1. The lowest BCUT2D eigenvalue weighted by atomic mass is 10.0. The van der Waals surface area contributed by atoms with E-state index in [1.807, 2.05) is 20.0 Å². The normalized spacial score (nSPS) is 12.5. The van der Waals surface area contributed by atoms with Crippen molar-refractivity contribution in [3.8, 4) is 5.75 Å². The molecule has 0 bridgehead atoms. The van der Waals surface area contributed by atoms with Crippen LogP contribution in [0.15, 0.2) is 24.3 Å². The summed E-state index contributed by atoms with van der Waals surface area (Å²) in [6.45, 7) is 1.92. The molecule has 1 atom stereocenters. The van der Waals surface area contributed by atoms with Crippen LogP contribution >= 0.6 is 0 Å². The molecule has 1 aromatic carbocycles. The van der Waals surface area contributed by atoms with Gasteiger partial charge in [-0.2, -0.15) is 5.10 Å². The molecular formula is C13H16FN3O. The minimum atomic E-state index is -0.573. The number of methoxy groups -OCH3 is 1. The third-order valence-corrected chi connectivity index (χ3v) is 2.99. The topological polar surface area (TPSA) is 53.1 Å². The van der Waals surface area contributed by atoms with Gasteiger partial charge in [-0.1, -0.05) is 6.07 Å². The Kier molecular flexibility index (Phi) is 3.34. The van der Waals surface area contributed by atoms with E-state index in [1.54, 1.807) is 16.8 Å². The lowest BCUT2D eigenvalue weighted by Crippen LogP contribution is -2.14. The number of hydrogen-bond acceptors (Lipinski definition) is 3. The van der Waals surface area contributed by atoms with Crippen molar-refractivity contribution in [1.29, 1.82) is 0 Å². The number of benzene rings is 1. The first-order valence-electron chi connectivity index (χ1n) is 5.62. The van der Waals surface area contributed by atoms with Gasteiger partial charge < -0.3 is 10.5 Å². The van der Waals surface area contributed by atoms with Crippen LogP contribution in [0.25, 0.3) is 0 Å². The largest absolute Gasteiger partial charge is 0.497 e. The number of aromatic nitrogens is 2. The van der Waals surface area contributed by atoms with Crippen LogP contribution in [-0.2, 0) is 7.05 Å². The molecule has 0 radical (unpaired) electrons. The second kappa shape index (κ2) is 4.78. The second-order valence-corrected chi connectivity index (χ2v) is 4.20. The van der Waals surface area contributed by atoms with E-state index in [2.05, 4.69) is 5.10 Å². The molecule has 0 spiro atoms. The molecule has 0 aliphatic carbocycles. The Morgan fingerprint density at radius 2 is 2.11 bits per heavy atom. The first-order valence-corrected chi connectivity index (χ1v) is 5.62. The fraction of sp³-hybridized carbons (Fsp3) is 0.308. The molecular weight excluding hydrogens is 233 g/mol. The first kappa shape index (κ1) is 12.6. The maximum absolute atomic E-state index is 13.9. The van der Waals surface area contributed by atoms with Crippen LogP contribution in [0.5, 0.6) is 5.75 Å². The van der Waals surface area contributed by atoms with Crippen LogP contribution in [0.1, 0.15) is 23.0 Å². The van der Waals surface area contributed by atoms with Crippen LogP contribution in [0.3, 0.4) is 0 Å². The van der Waals surface area contributed by atoms with E-state index in [4.69, 9.17) is 10.5 Å². The Hall–Kier alpha value is -1.88. The van der Waals surface area contributed by atoms with Gasteiger partial charge in [-0.3, -0.25) is 4.68 Å². The fourth-order valence-corrected chi connectivity index (χ4v) is 1.79. The van der Waals surface area contributed by atoms with Gasteiger partial charge in [-0.05, 0) is 19.1 Å². The van der Waals surface area contributed by atoms with E-state index in [0.29, 0.717) is 17.0 Å². The number of halogens is 1. The van der Waals surface area contributed by atoms with E-state index >= 15 is 0 Å². The smallest absolute Gasteiger partial charge is 0.132 e. The summed E-state index contributed by atoms with van der Waals surface area (Å²) >= 11 is 0. The highest BCUT2D eigenvalue weighted by molar-refractivity contribution is 5.34. The average Bonchev–Trinajstić information content (AvgIpc) is 2.68. The van der Waals surface area contributed by atoms with E-state index in [-0.39, 0.29) is 5.82 Å². The van der Waals surface area contributed by atoms with Crippen LogP contribution in [0, 0.1) is 12.7 Å². The highest BCUT2D eigenvalue weighted by Crippen LogP contribution is 2.24. The van der Waals surface area contributed by atoms with Gasteiger partial charge in [0.05, 0.1) is 18.8 Å². The summed E-state index contributed by atoms with van der Waals surface area (Å²) in [6.07, 6.45) is 0. The van der Waals surface area contributed by atoms with Crippen molar-refractivity contribution in [2.45, 2.75) is 13.0 Å². The number of aryl methyl sites for hydroxylation is 2. The van der Waals surface area contributed by atoms with Crippen molar-refractivity contribution < 1.29 is 9.13 Å². The molecule has 2 aromatic rings. The Balaban J connectivity index is 2.36. The summed E-state index contributed by atoms with van der Waals surface area (Å²) in [5.41, 5.74) is 8.08. The maximum atomic E-state index is 13.9. The zero-order valence-corrected chi connectivity index (χ0v) is 10.6. The molecule has 5 heteroatoms. The van der Waals surface area contributed by atoms with Crippen molar-refractivity contribution in [3.63, 3.8) is 0 Å². The van der Waals surface area contributed by atoms with E-state index < -0.39 is 6.04 Å². The molecule has 1 heterocycles. The summed E-state index contributed by atoms with van der Waals surface area (Å²) in [5, 5.41) is 4.26. The van der Waals surface area contributed by atoms with Crippen molar-refractivity contribution in [2.75, 3.05) is 7.11 Å². The minimum absolute atomic E-state index is 0.384. The lowest BCUT2D eigenvalue weighted by Gasteiger charge is -2.11. The maximum Gasteiger partial charge on any atom is 0.132 e. The second-order valence-electron chi connectivity index (χ2n) is 4.20. The van der Waals surface area contributed by atoms with Crippen LogP contribution in [0.2, 0.25) is 0 Å². The molecule has 18 heavy (non-hydrogen) atoms. The monoisotopic (exact) mass is 249 g/mol. The van der Waals surface area contributed by atoms with Crippen LogP contribution < -0.4 is 10.5 Å². The molecule has 1 unspecified atom stereocenters. The number of nitrogens with two attached hydrogens (primary N) is 1. The van der Waals surface area contributed by atoms with Crippen molar-refractivity contribution in [3.05, 3.63) is 47.0 Å². The fourth-order valence-electron chi connectivity index (χ4n) is 1.79. The van der Waals surface area contributed by atoms with Crippen LogP contribution in [-0.4, -0.2) is 16.9 Å². The number of hydrogen-bond donors (Lipinski definition) is 1. The van der Waals surface area contributed by atoms with Crippen molar-refractivity contribution >= 4 is 0 Å². The first-order chi connectivity index (χ1) is 8.52. The molecule has 0 saturated heterocycles. The van der Waals surface area contributed by atoms with Crippen molar-refractivity contribution in [1.82, 2.24) is 9.78 Å². The molecule has 2 N–H and O–H groups in total. The number of nitrogens with zero attached hydrogens (tertiary/aromatic N) is 2. The lowest BCUT2D eigenvalue weighted by molar-refractivity contribution is 0.410. The quantitative estimate of drug-likeness (QED) is 0.904. The Morgan fingerprint density at radius 3 is 2.61 bits per heavy atom. The summed E-state index contributed by atoms with van der Waals surface area (Å²) in [7, 11) is 3.33. The third-order valence-electron chi connectivity index (χ3n) is 2.99. The summed E-state index contributed by atoms with van der Waals surface area (Å²) in [5.74, 6) is 0.0887. The molecule has 4 nitrogen and oxygen atoms in total. The van der Waals surface area contributed by atoms with Gasteiger partial charge in [0.2, 0.25) is 0 Å². The molecule has 96 valence electrons. The van der Waals surface area contributed by atoms with Gasteiger partial charge in [0.25, 0.3) is 0 Å². The Morgan fingerprint density at radius 1 is 1.39 bits per heavy atom. The molecule has 0 aliphatic heterocycles. The van der Waals surface area contributed by atoms with Gasteiger partial charge >= 0.3 is 0 Å². The standard InChI is InChI=1S/C13H16FN3O/c1-8-6-12(16-17(8)2)13(15)10-5-4-9(18-3)7-11(10)14/h4-7,13H,15H2,1-3H3. The van der Waals surface area contributed by atoms with Gasteiger partial charge in [0, 0.05) is 24.4 Å². The third kappa shape index (κ3) is 2.22. The van der Waals surface area contributed by atoms with Gasteiger partial charge in [-0.15, -0.1) is 0 Å². The SMILES string of the molecule is COc1ccc(C(N)c2cc(C)n(C)n2)c(F)c1. The zero-order chi connectivity index (χ0) is 13.3. The molecule has 0 amide bonds. The molecule has 0 saturated carbocycles. The van der Waals surface area contributed by atoms with E-state index in [9.17, 15) is 4.39 Å². The van der Waals surface area contributed by atoms with E-state index in [1.165, 1.54) is 13.2 Å². The predicted molar refractivity (Wildman–Crippen MR) is 66.9 cm³/mol. The summed E-state index contributed by atoms with van der Waals surface area (Å²) in [6, 6.07) is 5.92. The van der Waals surface area contributed by atoms with Crippen LogP contribution in [0.4, 0.5) is 4.39 Å². The Bertz CT molecular complexity index is 546. The number of rotatable bonds is 3. The van der Waals surface area contributed by atoms with Crippen molar-refractivity contribution in [2.24, 2.45) is 12.8 Å². The number of ether oxygens (including phenoxy) is 1. The average molecular weight is 249 g/mol. The van der Waals surface area contributed by atoms with Gasteiger partial charge in [0.1, 0.15) is 11.6 Å².